The van der Waals surface area contributed by atoms with Gasteiger partial charge in [-0.1, -0.05) is 231 Å². The lowest BCUT2D eigenvalue weighted by Gasteiger charge is -2.34. The lowest BCUT2D eigenvalue weighted by molar-refractivity contribution is 0.414. The molecular weight excluding hydrogens is 783 g/mol. The van der Waals surface area contributed by atoms with Gasteiger partial charge in [-0.3, -0.25) is 0 Å². The topological polar surface area (TPSA) is 3.24 Å². The van der Waals surface area contributed by atoms with E-state index in [0.29, 0.717) is 0 Å². The average molecular weight is 850 g/mol. The third-order valence-electron chi connectivity index (χ3n) is 14.6. The van der Waals surface area contributed by atoms with Crippen LogP contribution in [0.4, 0.5) is 17.1 Å². The van der Waals surface area contributed by atoms with Crippen LogP contribution in [0.25, 0.3) is 46.6 Å². The van der Waals surface area contributed by atoms with Crippen LogP contribution >= 0.6 is 0 Å². The zero-order chi connectivity index (χ0) is 44.6. The predicted octanol–water partition coefficient (Wildman–Crippen LogP) is 18.8. The SMILES string of the molecule is CCCCC1(CCCC)c2ccccc2-c2ccc(/C=C/c3ccc(/C=C/c4ccc5c(c4)C(CCCC)(CCCC)c4cc(N(c6ccccc6)c6ccccc6)ccc4-5)cc3)cc21. The molecule has 0 aromatic heterocycles. The number of hydrogen-bond donors (Lipinski definition) is 0. The normalized spacial score (nSPS) is 14.1. The highest BCUT2D eigenvalue weighted by Gasteiger charge is 2.43. The van der Waals surface area contributed by atoms with Crippen LogP contribution in [0.5, 0.6) is 0 Å². The Bertz CT molecular complexity index is 2700. The van der Waals surface area contributed by atoms with Crippen LogP contribution in [0.2, 0.25) is 0 Å². The van der Waals surface area contributed by atoms with Crippen molar-refractivity contribution in [2.24, 2.45) is 0 Å². The first-order chi connectivity index (χ1) is 32.0. The molecule has 0 spiro atoms. The molecule has 7 aromatic rings. The fourth-order valence-electron chi connectivity index (χ4n) is 11.3. The Hall–Kier alpha value is -6.18. The van der Waals surface area contributed by atoms with Gasteiger partial charge in [0.25, 0.3) is 0 Å². The van der Waals surface area contributed by atoms with Crippen LogP contribution in [-0.4, -0.2) is 0 Å². The highest BCUT2D eigenvalue weighted by molar-refractivity contribution is 5.88. The van der Waals surface area contributed by atoms with E-state index in [4.69, 9.17) is 0 Å². The Kier molecular flexibility index (Phi) is 13.5. The van der Waals surface area contributed by atoms with E-state index in [0.717, 1.165) is 12.8 Å². The Labute approximate surface area is 390 Å². The Morgan fingerprint density at radius 3 is 1.14 bits per heavy atom. The summed E-state index contributed by atoms with van der Waals surface area (Å²) in [5.41, 5.74) is 20.4. The molecule has 1 nitrogen and oxygen atoms in total. The number of anilines is 3. The van der Waals surface area contributed by atoms with Crippen molar-refractivity contribution in [2.45, 2.75) is 116 Å². The Balaban J connectivity index is 0.985. The van der Waals surface area contributed by atoms with E-state index in [1.165, 1.54) is 142 Å². The van der Waals surface area contributed by atoms with E-state index < -0.39 is 0 Å². The van der Waals surface area contributed by atoms with Crippen molar-refractivity contribution < 1.29 is 0 Å². The van der Waals surface area contributed by atoms with Gasteiger partial charge in [0.15, 0.2) is 0 Å². The first kappa shape index (κ1) is 44.0. The van der Waals surface area contributed by atoms with Gasteiger partial charge >= 0.3 is 0 Å². The number of unbranched alkanes of at least 4 members (excludes halogenated alkanes) is 4. The smallest absolute Gasteiger partial charge is 0.0465 e. The molecule has 0 saturated carbocycles. The molecule has 0 saturated heterocycles. The van der Waals surface area contributed by atoms with Crippen LogP contribution in [0.3, 0.4) is 0 Å². The quantitative estimate of drug-likeness (QED) is 0.0733. The minimum absolute atomic E-state index is 0.0289. The maximum atomic E-state index is 2.53. The third-order valence-corrected chi connectivity index (χ3v) is 14.6. The molecule has 2 aliphatic carbocycles. The molecular formula is C64H67N. The number of fused-ring (bicyclic) bond motifs is 6. The largest absolute Gasteiger partial charge is 0.310 e. The van der Waals surface area contributed by atoms with Crippen LogP contribution in [0, 0.1) is 0 Å². The van der Waals surface area contributed by atoms with E-state index in [2.05, 4.69) is 221 Å². The predicted molar refractivity (Wildman–Crippen MR) is 282 cm³/mol. The highest BCUT2D eigenvalue weighted by atomic mass is 15.1. The lowest BCUT2D eigenvalue weighted by Crippen LogP contribution is -2.26. The van der Waals surface area contributed by atoms with Crippen molar-refractivity contribution in [1.29, 1.82) is 0 Å². The van der Waals surface area contributed by atoms with Crippen molar-refractivity contribution in [3.63, 3.8) is 0 Å². The summed E-state index contributed by atoms with van der Waals surface area (Å²) in [5, 5.41) is 0. The summed E-state index contributed by atoms with van der Waals surface area (Å²) in [7, 11) is 0. The van der Waals surface area contributed by atoms with Gasteiger partial charge in [0.1, 0.15) is 0 Å². The third kappa shape index (κ3) is 8.71. The molecule has 0 bridgehead atoms. The molecule has 0 atom stereocenters. The van der Waals surface area contributed by atoms with Gasteiger partial charge in [-0.25, -0.2) is 0 Å². The van der Waals surface area contributed by atoms with Gasteiger partial charge in [0.2, 0.25) is 0 Å². The molecule has 328 valence electrons. The molecule has 0 unspecified atom stereocenters. The fraction of sp³-hybridized carbons (Fsp3) is 0.281. The second kappa shape index (κ2) is 19.9. The number of benzene rings is 7. The van der Waals surface area contributed by atoms with Crippen molar-refractivity contribution in [1.82, 2.24) is 0 Å². The van der Waals surface area contributed by atoms with E-state index in [-0.39, 0.29) is 10.8 Å². The van der Waals surface area contributed by atoms with Crippen LogP contribution in [0.1, 0.15) is 149 Å². The molecule has 0 N–H and O–H groups in total. The fourth-order valence-corrected chi connectivity index (χ4v) is 11.3. The van der Waals surface area contributed by atoms with Crippen molar-refractivity contribution in [3.05, 3.63) is 208 Å². The van der Waals surface area contributed by atoms with E-state index in [1.807, 2.05) is 0 Å². The van der Waals surface area contributed by atoms with Gasteiger partial charge in [0.05, 0.1) is 0 Å². The number of rotatable bonds is 19. The summed E-state index contributed by atoms with van der Waals surface area (Å²) in [6, 6.07) is 61.7. The molecule has 0 heterocycles. The second-order valence-corrected chi connectivity index (χ2v) is 18.8. The van der Waals surface area contributed by atoms with Crippen LogP contribution in [-0.2, 0) is 10.8 Å². The van der Waals surface area contributed by atoms with Crippen LogP contribution < -0.4 is 4.90 Å². The van der Waals surface area contributed by atoms with Gasteiger partial charge in [-0.15, -0.1) is 0 Å². The van der Waals surface area contributed by atoms with Crippen molar-refractivity contribution in [3.8, 4) is 22.3 Å². The van der Waals surface area contributed by atoms with Crippen LogP contribution in [0.15, 0.2) is 164 Å². The minimum Gasteiger partial charge on any atom is -0.310 e. The number of nitrogens with zero attached hydrogens (tertiary/aromatic N) is 1. The molecule has 2 aliphatic rings. The molecule has 65 heavy (non-hydrogen) atoms. The Morgan fingerprint density at radius 1 is 0.323 bits per heavy atom. The number of para-hydroxylation sites is 2. The van der Waals surface area contributed by atoms with Gasteiger partial charge in [-0.05, 0) is 129 Å². The maximum Gasteiger partial charge on any atom is 0.0465 e. The standard InChI is InChI=1S/C64H67N/c1-5-9-41-63(42-10-6-2)59-26-20-19-25-55(59)56-38-35-50(45-60(56)63)33-31-48-27-29-49(30-28-48)32-34-51-36-39-57-58-40-37-54(65(52-21-15-13-16-22-52)53-23-17-14-18-24-53)47-62(58)64(43-11-7-3,44-12-8-4)61(57)46-51/h13-40,45-47H,5-12,41-44H2,1-4H3/b33-31+,34-32+. The van der Waals surface area contributed by atoms with Crippen molar-refractivity contribution >= 4 is 41.4 Å². The molecule has 9 rings (SSSR count). The number of hydrogen-bond acceptors (Lipinski definition) is 1. The summed E-state index contributed by atoms with van der Waals surface area (Å²) in [6.45, 7) is 9.34. The molecule has 0 amide bonds. The summed E-state index contributed by atoms with van der Waals surface area (Å²) in [4.78, 5) is 2.42. The zero-order valence-electron chi connectivity index (χ0n) is 39.3. The lowest BCUT2D eigenvalue weighted by atomic mass is 9.70. The monoisotopic (exact) mass is 850 g/mol. The zero-order valence-corrected chi connectivity index (χ0v) is 39.3. The Morgan fingerprint density at radius 2 is 0.677 bits per heavy atom. The van der Waals surface area contributed by atoms with E-state index in [9.17, 15) is 0 Å². The summed E-state index contributed by atoms with van der Waals surface area (Å²) >= 11 is 0. The van der Waals surface area contributed by atoms with Crippen molar-refractivity contribution in [2.75, 3.05) is 4.90 Å². The highest BCUT2D eigenvalue weighted by Crippen LogP contribution is 2.57. The first-order valence-electron chi connectivity index (χ1n) is 24.9. The molecule has 0 aliphatic heterocycles. The minimum atomic E-state index is -0.0289. The molecule has 0 radical (unpaired) electrons. The average Bonchev–Trinajstić information content (AvgIpc) is 3.78. The summed E-state index contributed by atoms with van der Waals surface area (Å²) < 4.78 is 0. The van der Waals surface area contributed by atoms with Gasteiger partial charge < -0.3 is 4.90 Å². The first-order valence-corrected chi connectivity index (χ1v) is 24.9. The summed E-state index contributed by atoms with van der Waals surface area (Å²) in [5.74, 6) is 0. The summed E-state index contributed by atoms with van der Waals surface area (Å²) in [6.07, 6.45) is 23.7. The molecule has 0 fully saturated rings. The molecule has 7 aromatic carbocycles. The van der Waals surface area contributed by atoms with Gasteiger partial charge in [-0.2, -0.15) is 0 Å². The maximum absolute atomic E-state index is 2.53. The van der Waals surface area contributed by atoms with E-state index in [1.54, 1.807) is 5.56 Å². The molecule has 1 heteroatoms. The second-order valence-electron chi connectivity index (χ2n) is 18.8. The van der Waals surface area contributed by atoms with E-state index >= 15 is 0 Å². The van der Waals surface area contributed by atoms with Gasteiger partial charge in [0, 0.05) is 27.9 Å².